The van der Waals surface area contributed by atoms with Crippen LogP contribution < -0.4 is 20.6 Å². The molecule has 26 heteroatoms. The molecule has 0 amide bonds. The summed E-state index contributed by atoms with van der Waals surface area (Å²) in [5.74, 6) is 1.10. The van der Waals surface area contributed by atoms with Gasteiger partial charge in [0.05, 0.1) is 64.9 Å². The van der Waals surface area contributed by atoms with Crippen LogP contribution in [-0.2, 0) is 45.7 Å². The summed E-state index contributed by atoms with van der Waals surface area (Å²) >= 11 is 0. The second kappa shape index (κ2) is 27.0. The fourth-order valence-corrected chi connectivity index (χ4v) is 13.0. The lowest BCUT2D eigenvalue weighted by Gasteiger charge is -2.33. The number of nitrogens with zero attached hydrogens (tertiary/aromatic N) is 9. The molecule has 0 bridgehead atoms. The number of rotatable bonds is 22. The number of aryl methyl sites for hydroxylation is 4. The number of hydrogen-bond donors (Lipinski definition) is 5. The predicted octanol–water partition coefficient (Wildman–Crippen LogP) is 2.60. The highest BCUT2D eigenvalue weighted by atomic mass is 32.2. The number of aromatic nitrogens is 6. The fourth-order valence-electron chi connectivity index (χ4n) is 10.1. The number of aldehydes is 1. The smallest absolute Gasteiger partial charge is 0.275 e. The number of β-amino-alcohol motifs (C(OH)–C–C–N with tert-alkyl or cyclic N) is 2. The van der Waals surface area contributed by atoms with E-state index in [4.69, 9.17) is 19.7 Å². The van der Waals surface area contributed by atoms with Gasteiger partial charge in [-0.1, -0.05) is 45.7 Å². The number of piperazine rings is 2. The number of carbonyl (C=O) groups excluding carboxylic acids is 1. The highest BCUT2D eigenvalue weighted by molar-refractivity contribution is 7.89. The summed E-state index contributed by atoms with van der Waals surface area (Å²) in [4.78, 5) is 48.5. The molecule has 0 aliphatic carbocycles. The van der Waals surface area contributed by atoms with Crippen LogP contribution in [0.4, 0.5) is 0 Å². The van der Waals surface area contributed by atoms with Crippen LogP contribution in [0.2, 0.25) is 0 Å². The van der Waals surface area contributed by atoms with Gasteiger partial charge < -0.3 is 40.3 Å². The SMILES string of the molecule is CCCc1c(/C=N/O)c(CC)c2c(=O)[nH]c(-c3cc(S(=O)(=O)N4CCN(CCO)CC4)ccc3OCC)nn12.CCCc1c(C=O)c(CC)c2c(=O)[nH]c(-c3cc(S(=O)(=O)N4CCN(CCO)CC4)ccc3OCC)nn12.O. The number of carbonyl (C=O) groups is 1. The van der Waals surface area contributed by atoms with Crippen molar-refractivity contribution in [1.29, 1.82) is 0 Å². The molecule has 6 aromatic rings. The van der Waals surface area contributed by atoms with E-state index in [1.165, 1.54) is 43.6 Å². The summed E-state index contributed by atoms with van der Waals surface area (Å²) in [5, 5.41) is 40.3. The Morgan fingerprint density at radius 1 is 0.628 bits per heavy atom. The van der Waals surface area contributed by atoms with Crippen LogP contribution >= 0.6 is 0 Å². The van der Waals surface area contributed by atoms with Crippen molar-refractivity contribution in [2.75, 3.05) is 91.9 Å². The van der Waals surface area contributed by atoms with Gasteiger partial charge in [0.2, 0.25) is 20.0 Å². The van der Waals surface area contributed by atoms with Crippen molar-refractivity contribution in [3.8, 4) is 34.3 Å². The van der Waals surface area contributed by atoms with E-state index >= 15 is 0 Å². The van der Waals surface area contributed by atoms with E-state index in [1.54, 1.807) is 16.6 Å². The summed E-state index contributed by atoms with van der Waals surface area (Å²) in [7, 11) is -7.66. The van der Waals surface area contributed by atoms with Crippen LogP contribution in [-0.4, -0.2) is 190 Å². The Bertz CT molecular complexity index is 3430. The van der Waals surface area contributed by atoms with Crippen molar-refractivity contribution in [1.82, 2.24) is 47.6 Å². The van der Waals surface area contributed by atoms with E-state index < -0.39 is 25.6 Å². The summed E-state index contributed by atoms with van der Waals surface area (Å²) in [5.41, 5.74) is 4.46. The van der Waals surface area contributed by atoms with Gasteiger partial charge in [0, 0.05) is 76.6 Å². The average Bonchev–Trinajstić information content (AvgIpc) is 4.01. The van der Waals surface area contributed by atoms with Crippen molar-refractivity contribution in [3.63, 3.8) is 0 Å². The molecular weight excluding hydrogens is 1050 g/mol. The molecule has 8 rings (SSSR count). The first-order valence-corrected chi connectivity index (χ1v) is 29.2. The molecule has 2 aliphatic rings. The van der Waals surface area contributed by atoms with Gasteiger partial charge in [-0.2, -0.15) is 8.61 Å². The Kier molecular flexibility index (Phi) is 21.1. The molecule has 0 unspecified atom stereocenters. The molecule has 2 fully saturated rings. The zero-order valence-corrected chi connectivity index (χ0v) is 46.8. The molecule has 2 saturated heterocycles. The Morgan fingerprint density at radius 2 is 1.03 bits per heavy atom. The van der Waals surface area contributed by atoms with Crippen LogP contribution in [0.3, 0.4) is 0 Å². The molecule has 7 N–H and O–H groups in total. The number of hydrogen-bond acceptors (Lipinski definition) is 17. The Labute approximate surface area is 453 Å². The van der Waals surface area contributed by atoms with E-state index in [9.17, 15) is 46.6 Å². The first-order valence-electron chi connectivity index (χ1n) is 26.3. The molecule has 0 saturated carbocycles. The lowest BCUT2D eigenvalue weighted by atomic mass is 10.1. The van der Waals surface area contributed by atoms with Gasteiger partial charge in [0.1, 0.15) is 22.5 Å². The van der Waals surface area contributed by atoms with Gasteiger partial charge in [-0.15, -0.1) is 10.2 Å². The molecule has 6 heterocycles. The van der Waals surface area contributed by atoms with Crippen molar-refractivity contribution in [2.24, 2.45) is 5.16 Å². The van der Waals surface area contributed by atoms with Crippen LogP contribution in [0.25, 0.3) is 33.8 Å². The third kappa shape index (κ3) is 12.4. The first-order chi connectivity index (χ1) is 37.1. The number of aromatic amines is 2. The van der Waals surface area contributed by atoms with E-state index in [-0.39, 0.29) is 45.7 Å². The summed E-state index contributed by atoms with van der Waals surface area (Å²) in [6, 6.07) is 9.14. The van der Waals surface area contributed by atoms with Crippen LogP contribution in [0.15, 0.2) is 60.9 Å². The lowest BCUT2D eigenvalue weighted by Crippen LogP contribution is -2.49. The van der Waals surface area contributed by atoms with Crippen molar-refractivity contribution in [2.45, 2.75) is 89.9 Å². The monoisotopic (exact) mass is 1120 g/mol. The van der Waals surface area contributed by atoms with Crippen LogP contribution in [0, 0.1) is 0 Å². The molecule has 0 radical (unpaired) electrons. The second-order valence-corrected chi connectivity index (χ2v) is 22.4. The zero-order valence-electron chi connectivity index (χ0n) is 45.1. The standard InChI is InChI=1S/C26H36N6O6S.C26H35N5O6S.H2O/c1-4-7-22-21(17-27-35)19(5-2)24-26(34)28-25(29-32(22)24)20-16-18(8-9-23(20)38-6-3)39(36,37)31-12-10-30(11-13-31)14-15-33;1-4-7-22-21(17-33)19(5-2)24-26(34)27-25(28-31(22)24)20-16-18(8-9-23(20)37-6-3)38(35,36)30-12-10-29(11-13-30)14-15-32;/h8-9,16-17,33,35H,4-7,10-15H2,1-3H3,(H,28,29,34);8-9,16-17,32H,4-7,10-15H2,1-3H3,(H,27,28,34);1H2/b27-17+;;. The minimum atomic E-state index is -3.83. The number of sulfonamides is 2. The maximum atomic E-state index is 13.6. The van der Waals surface area contributed by atoms with E-state index in [0.29, 0.717) is 160 Å². The number of ether oxygens (including phenoxy) is 2. The first kappa shape index (κ1) is 60.9. The number of benzene rings is 2. The summed E-state index contributed by atoms with van der Waals surface area (Å²) in [6.45, 7) is 16.5. The molecule has 4 aromatic heterocycles. The maximum absolute atomic E-state index is 13.6. The number of aliphatic hydroxyl groups excluding tert-OH is 2. The van der Waals surface area contributed by atoms with Crippen molar-refractivity contribution in [3.05, 3.63) is 90.7 Å². The Hall–Kier alpha value is -6.36. The molecule has 78 heavy (non-hydrogen) atoms. The molecule has 2 aliphatic heterocycles. The average molecular weight is 1120 g/mol. The lowest BCUT2D eigenvalue weighted by molar-refractivity contribution is 0.112. The second-order valence-electron chi connectivity index (χ2n) is 18.5. The topological polar surface area (TPSA) is 322 Å². The highest BCUT2D eigenvalue weighted by Crippen LogP contribution is 2.34. The highest BCUT2D eigenvalue weighted by Gasteiger charge is 2.32. The predicted molar refractivity (Wildman–Crippen MR) is 295 cm³/mol. The van der Waals surface area contributed by atoms with Crippen molar-refractivity contribution >= 4 is 43.6 Å². The molecule has 2 aromatic carbocycles. The van der Waals surface area contributed by atoms with Gasteiger partial charge >= 0.3 is 0 Å². The summed E-state index contributed by atoms with van der Waals surface area (Å²) < 4.78 is 71.7. The number of nitrogens with one attached hydrogen (secondary N) is 2. The Morgan fingerprint density at radius 3 is 1.37 bits per heavy atom. The molecular formula is C52H73N11O13S2. The Balaban J connectivity index is 0.000000249. The minimum absolute atomic E-state index is 0. The third-order valence-corrected chi connectivity index (χ3v) is 17.6. The fraction of sp³-hybridized carbons (Fsp3) is 0.500. The number of fused-ring (bicyclic) bond motifs is 2. The van der Waals surface area contributed by atoms with E-state index in [2.05, 4.69) is 15.1 Å². The maximum Gasteiger partial charge on any atom is 0.275 e. The van der Waals surface area contributed by atoms with Gasteiger partial charge in [-0.3, -0.25) is 24.2 Å². The molecule has 426 valence electrons. The summed E-state index contributed by atoms with van der Waals surface area (Å²) in [6.07, 6.45) is 5.80. The molecule has 0 spiro atoms. The van der Waals surface area contributed by atoms with Gasteiger partial charge in [-0.25, -0.2) is 25.9 Å². The zero-order chi connectivity index (χ0) is 55.6. The van der Waals surface area contributed by atoms with Crippen LogP contribution in [0.5, 0.6) is 11.5 Å². The normalized spacial score (nSPS) is 15.2. The third-order valence-electron chi connectivity index (χ3n) is 13.8. The number of H-pyrrole nitrogens is 2. The van der Waals surface area contributed by atoms with Gasteiger partial charge in [-0.05, 0) is 87.1 Å². The van der Waals surface area contributed by atoms with E-state index in [0.717, 1.165) is 30.4 Å². The number of oxime groups is 1. The van der Waals surface area contributed by atoms with Gasteiger partial charge in [0.15, 0.2) is 17.9 Å². The van der Waals surface area contributed by atoms with E-state index in [1.807, 2.05) is 51.3 Å². The largest absolute Gasteiger partial charge is 0.493 e. The van der Waals surface area contributed by atoms with Gasteiger partial charge in [0.25, 0.3) is 11.1 Å². The minimum Gasteiger partial charge on any atom is -0.493 e. The van der Waals surface area contributed by atoms with Crippen molar-refractivity contribution < 1.29 is 52.0 Å². The molecule has 24 nitrogen and oxygen atoms in total. The number of aliphatic hydroxyl groups is 2. The molecule has 0 atom stereocenters. The van der Waals surface area contributed by atoms with Crippen LogP contribution in [0.1, 0.15) is 92.8 Å². The quantitative estimate of drug-likeness (QED) is 0.0282.